The number of fused-ring (bicyclic) bond motifs is 1. The van der Waals surface area contributed by atoms with Gasteiger partial charge in [0.05, 0.1) is 5.56 Å². The standard InChI is InChI=1S/C18H12F3NO6S/c1-22-17(24)10-2-5-12(6-3-10)29(25,26)28-11-4-7-13-14(18(19,20)21)9-16(23)27-15(13)8-11/h2-9H,1H3,(H,22,24). The molecule has 0 bridgehead atoms. The number of benzene rings is 2. The summed E-state index contributed by atoms with van der Waals surface area (Å²) in [5.41, 5.74) is -2.70. The van der Waals surface area contributed by atoms with Crippen LogP contribution in [0.3, 0.4) is 0 Å². The van der Waals surface area contributed by atoms with Gasteiger partial charge in [0.2, 0.25) is 0 Å². The van der Waals surface area contributed by atoms with E-state index in [1.165, 1.54) is 19.2 Å². The maximum absolute atomic E-state index is 13.1. The van der Waals surface area contributed by atoms with Crippen molar-refractivity contribution >= 4 is 27.0 Å². The number of hydrogen-bond acceptors (Lipinski definition) is 6. The monoisotopic (exact) mass is 427 g/mol. The molecule has 0 aliphatic carbocycles. The zero-order valence-corrected chi connectivity index (χ0v) is 15.4. The highest BCUT2D eigenvalue weighted by Crippen LogP contribution is 2.35. The number of halogens is 3. The average molecular weight is 427 g/mol. The third kappa shape index (κ3) is 4.24. The summed E-state index contributed by atoms with van der Waals surface area (Å²) in [6.07, 6.45) is -4.80. The van der Waals surface area contributed by atoms with Crippen molar-refractivity contribution < 1.29 is 35.0 Å². The van der Waals surface area contributed by atoms with Gasteiger partial charge in [0.25, 0.3) is 5.91 Å². The van der Waals surface area contributed by atoms with Crippen LogP contribution >= 0.6 is 0 Å². The molecule has 2 aromatic carbocycles. The highest BCUT2D eigenvalue weighted by molar-refractivity contribution is 7.87. The van der Waals surface area contributed by atoms with Crippen molar-refractivity contribution in [3.05, 3.63) is 70.1 Å². The molecule has 29 heavy (non-hydrogen) atoms. The minimum Gasteiger partial charge on any atom is -0.423 e. The Morgan fingerprint density at radius 2 is 1.72 bits per heavy atom. The van der Waals surface area contributed by atoms with Crippen molar-refractivity contribution in [2.75, 3.05) is 7.05 Å². The summed E-state index contributed by atoms with van der Waals surface area (Å²) in [4.78, 5) is 22.6. The molecule has 152 valence electrons. The average Bonchev–Trinajstić information content (AvgIpc) is 2.65. The Kier molecular flexibility index (Phi) is 5.09. The molecular formula is C18H12F3NO6S. The second kappa shape index (κ2) is 7.24. The van der Waals surface area contributed by atoms with Crippen LogP contribution in [0, 0.1) is 0 Å². The molecule has 1 amide bonds. The van der Waals surface area contributed by atoms with Crippen molar-refractivity contribution in [2.24, 2.45) is 0 Å². The normalized spacial score (nSPS) is 12.0. The number of carbonyl (C=O) groups is 1. The molecule has 0 saturated heterocycles. The molecule has 1 heterocycles. The number of carbonyl (C=O) groups excluding carboxylic acids is 1. The summed E-state index contributed by atoms with van der Waals surface area (Å²) in [5, 5.41) is 1.96. The third-order valence-electron chi connectivity index (χ3n) is 3.86. The molecule has 0 unspecified atom stereocenters. The summed E-state index contributed by atoms with van der Waals surface area (Å²) in [6.45, 7) is 0. The van der Waals surface area contributed by atoms with Crippen LogP contribution in [-0.4, -0.2) is 21.4 Å². The van der Waals surface area contributed by atoms with E-state index in [1.54, 1.807) is 0 Å². The summed E-state index contributed by atoms with van der Waals surface area (Å²) in [7, 11) is -2.94. The Balaban J connectivity index is 1.97. The number of hydrogen-bond donors (Lipinski definition) is 1. The van der Waals surface area contributed by atoms with E-state index in [0.717, 1.165) is 30.3 Å². The van der Waals surface area contributed by atoms with Crippen molar-refractivity contribution in [3.8, 4) is 5.75 Å². The summed E-state index contributed by atoms with van der Waals surface area (Å²) in [6, 6.07) is 7.96. The molecule has 1 N–H and O–H groups in total. The van der Waals surface area contributed by atoms with Gasteiger partial charge in [0.1, 0.15) is 16.2 Å². The summed E-state index contributed by atoms with van der Waals surface area (Å²) < 4.78 is 73.6. The molecular weight excluding hydrogens is 415 g/mol. The van der Waals surface area contributed by atoms with E-state index in [-0.39, 0.29) is 16.2 Å². The van der Waals surface area contributed by atoms with Gasteiger partial charge in [-0.05, 0) is 36.4 Å². The van der Waals surface area contributed by atoms with Crippen LogP contribution in [0.25, 0.3) is 11.0 Å². The quantitative estimate of drug-likeness (QED) is 0.507. The second-order valence-electron chi connectivity index (χ2n) is 5.78. The molecule has 0 aliphatic heterocycles. The molecule has 0 atom stereocenters. The molecule has 0 radical (unpaired) electrons. The van der Waals surface area contributed by atoms with Crippen molar-refractivity contribution in [3.63, 3.8) is 0 Å². The number of alkyl halides is 3. The Morgan fingerprint density at radius 1 is 1.07 bits per heavy atom. The van der Waals surface area contributed by atoms with E-state index in [2.05, 4.69) is 5.32 Å². The summed E-state index contributed by atoms with van der Waals surface area (Å²) >= 11 is 0. The summed E-state index contributed by atoms with van der Waals surface area (Å²) in [5.74, 6) is -0.768. The van der Waals surface area contributed by atoms with Gasteiger partial charge < -0.3 is 13.9 Å². The second-order valence-corrected chi connectivity index (χ2v) is 7.32. The fourth-order valence-electron chi connectivity index (χ4n) is 2.52. The zero-order chi connectivity index (χ0) is 21.4. The molecule has 3 rings (SSSR count). The minimum atomic E-state index is -4.80. The smallest absolute Gasteiger partial charge is 0.417 e. The predicted octanol–water partition coefficient (Wildman–Crippen LogP) is 2.94. The van der Waals surface area contributed by atoms with Gasteiger partial charge in [-0.15, -0.1) is 0 Å². The van der Waals surface area contributed by atoms with E-state index in [0.29, 0.717) is 6.07 Å². The van der Waals surface area contributed by atoms with Gasteiger partial charge in [0.15, 0.2) is 0 Å². The maximum atomic E-state index is 13.1. The first kappa shape index (κ1) is 20.4. The first-order valence-corrected chi connectivity index (χ1v) is 9.34. The van der Waals surface area contributed by atoms with E-state index >= 15 is 0 Å². The molecule has 0 saturated carbocycles. The lowest BCUT2D eigenvalue weighted by atomic mass is 10.1. The fourth-order valence-corrected chi connectivity index (χ4v) is 3.44. The fraction of sp³-hybridized carbons (Fsp3) is 0.111. The van der Waals surface area contributed by atoms with Crippen LogP contribution in [-0.2, 0) is 16.3 Å². The first-order chi connectivity index (χ1) is 13.5. The van der Waals surface area contributed by atoms with Crippen molar-refractivity contribution in [1.29, 1.82) is 0 Å². The van der Waals surface area contributed by atoms with E-state index in [1.807, 2.05) is 0 Å². The lowest BCUT2D eigenvalue weighted by molar-refractivity contribution is -0.136. The third-order valence-corrected chi connectivity index (χ3v) is 5.12. The molecule has 7 nitrogen and oxygen atoms in total. The molecule has 0 spiro atoms. The van der Waals surface area contributed by atoms with E-state index in [4.69, 9.17) is 8.60 Å². The van der Waals surface area contributed by atoms with Gasteiger partial charge in [0, 0.05) is 30.1 Å². The lowest BCUT2D eigenvalue weighted by Gasteiger charge is -2.11. The van der Waals surface area contributed by atoms with Crippen LogP contribution in [0.1, 0.15) is 15.9 Å². The van der Waals surface area contributed by atoms with Crippen LogP contribution < -0.4 is 15.1 Å². The number of nitrogens with one attached hydrogen (secondary N) is 1. The van der Waals surface area contributed by atoms with E-state index < -0.39 is 44.4 Å². The van der Waals surface area contributed by atoms with Gasteiger partial charge in [-0.3, -0.25) is 4.79 Å². The topological polar surface area (TPSA) is 103 Å². The molecule has 11 heteroatoms. The molecule has 3 aromatic rings. The molecule has 0 fully saturated rings. The first-order valence-electron chi connectivity index (χ1n) is 7.93. The minimum absolute atomic E-state index is 0.221. The Hall–Kier alpha value is -3.34. The van der Waals surface area contributed by atoms with Gasteiger partial charge >= 0.3 is 21.9 Å². The predicted molar refractivity (Wildman–Crippen MR) is 95.1 cm³/mol. The largest absolute Gasteiger partial charge is 0.423 e. The number of rotatable bonds is 4. The Morgan fingerprint density at radius 3 is 2.31 bits per heavy atom. The molecule has 0 aliphatic rings. The van der Waals surface area contributed by atoms with Crippen LogP contribution in [0.5, 0.6) is 5.75 Å². The highest BCUT2D eigenvalue weighted by atomic mass is 32.2. The Labute approximate surface area is 161 Å². The van der Waals surface area contributed by atoms with Gasteiger partial charge in [-0.1, -0.05) is 0 Å². The van der Waals surface area contributed by atoms with Crippen molar-refractivity contribution in [2.45, 2.75) is 11.1 Å². The zero-order valence-electron chi connectivity index (χ0n) is 14.6. The SMILES string of the molecule is CNC(=O)c1ccc(S(=O)(=O)Oc2ccc3c(C(F)(F)F)cc(=O)oc3c2)cc1. The van der Waals surface area contributed by atoms with E-state index in [9.17, 15) is 31.2 Å². The van der Waals surface area contributed by atoms with Crippen LogP contribution in [0.4, 0.5) is 13.2 Å². The molecule has 1 aromatic heterocycles. The Bertz CT molecular complexity index is 1250. The number of amides is 1. The van der Waals surface area contributed by atoms with Crippen LogP contribution in [0.15, 0.2) is 62.6 Å². The van der Waals surface area contributed by atoms with Crippen molar-refractivity contribution in [1.82, 2.24) is 5.32 Å². The van der Waals surface area contributed by atoms with Gasteiger partial charge in [-0.25, -0.2) is 4.79 Å². The lowest BCUT2D eigenvalue weighted by Crippen LogP contribution is -2.18. The van der Waals surface area contributed by atoms with Gasteiger partial charge in [-0.2, -0.15) is 21.6 Å². The maximum Gasteiger partial charge on any atom is 0.417 e. The highest BCUT2D eigenvalue weighted by Gasteiger charge is 2.34. The van der Waals surface area contributed by atoms with Crippen LogP contribution in [0.2, 0.25) is 0 Å².